The van der Waals surface area contributed by atoms with Crippen molar-refractivity contribution in [1.29, 1.82) is 0 Å². The van der Waals surface area contributed by atoms with Crippen molar-refractivity contribution in [2.45, 2.75) is 37.1 Å². The molecule has 9 nitrogen and oxygen atoms in total. The molecule has 0 amide bonds. The van der Waals surface area contributed by atoms with Crippen LogP contribution in [0.25, 0.3) is 0 Å². The molecule has 2 heterocycles. The van der Waals surface area contributed by atoms with Crippen molar-refractivity contribution in [3.8, 4) is 5.75 Å². The number of sulfone groups is 1. The average molecular weight is 467 g/mol. The van der Waals surface area contributed by atoms with Gasteiger partial charge in [-0.15, -0.1) is 0 Å². The molecule has 1 aromatic rings. The molecule has 0 saturated carbocycles. The molecule has 164 valence electrons. The van der Waals surface area contributed by atoms with Crippen LogP contribution >= 0.6 is 0 Å². The van der Waals surface area contributed by atoms with E-state index in [2.05, 4.69) is 0 Å². The molecule has 12 heteroatoms. The largest absolute Gasteiger partial charge is 0.495 e. The second-order valence-electron chi connectivity index (χ2n) is 7.20. The first kappa shape index (κ1) is 22.3. The van der Waals surface area contributed by atoms with Crippen LogP contribution in [0.2, 0.25) is 0 Å². The van der Waals surface area contributed by atoms with Gasteiger partial charge in [0.15, 0.2) is 9.84 Å². The molecule has 2 saturated heterocycles. The average Bonchev–Trinajstić information content (AvgIpc) is 3.00. The smallest absolute Gasteiger partial charge is 0.247 e. The zero-order valence-electron chi connectivity index (χ0n) is 16.4. The van der Waals surface area contributed by atoms with Crippen LogP contribution in [0.4, 0.5) is 5.69 Å². The van der Waals surface area contributed by atoms with Gasteiger partial charge in [0.2, 0.25) is 20.0 Å². The molecule has 2 fully saturated rings. The molecule has 0 N–H and O–H groups in total. The van der Waals surface area contributed by atoms with E-state index < -0.39 is 35.9 Å². The maximum absolute atomic E-state index is 13.4. The maximum atomic E-state index is 13.4. The van der Waals surface area contributed by atoms with Crippen LogP contribution in [0, 0.1) is 0 Å². The predicted octanol–water partition coefficient (Wildman–Crippen LogP) is 0.823. The van der Waals surface area contributed by atoms with Crippen molar-refractivity contribution >= 4 is 35.6 Å². The number of nitrogens with zero attached hydrogens (tertiary/aromatic N) is 2. The van der Waals surface area contributed by atoms with Crippen molar-refractivity contribution in [3.63, 3.8) is 0 Å². The Labute approximate surface area is 172 Å². The van der Waals surface area contributed by atoms with E-state index in [0.29, 0.717) is 12.8 Å². The number of methoxy groups -OCH3 is 1. The van der Waals surface area contributed by atoms with Crippen molar-refractivity contribution in [1.82, 2.24) is 4.31 Å². The van der Waals surface area contributed by atoms with Crippen LogP contribution in [-0.4, -0.2) is 73.1 Å². The number of sulfonamides is 2. The predicted molar refractivity (Wildman–Crippen MR) is 110 cm³/mol. The fourth-order valence-electron chi connectivity index (χ4n) is 3.85. The minimum Gasteiger partial charge on any atom is -0.495 e. The van der Waals surface area contributed by atoms with Crippen LogP contribution in [0.3, 0.4) is 0 Å². The molecule has 1 atom stereocenters. The highest BCUT2D eigenvalue weighted by Crippen LogP contribution is 2.35. The third kappa shape index (κ3) is 4.39. The van der Waals surface area contributed by atoms with Gasteiger partial charge >= 0.3 is 0 Å². The second-order valence-corrected chi connectivity index (χ2v) is 13.3. The molecule has 2 aliphatic rings. The van der Waals surface area contributed by atoms with Gasteiger partial charge in [0.25, 0.3) is 0 Å². The van der Waals surface area contributed by atoms with Gasteiger partial charge in [-0.1, -0.05) is 6.92 Å². The zero-order valence-corrected chi connectivity index (χ0v) is 18.9. The third-order valence-electron chi connectivity index (χ3n) is 5.30. The van der Waals surface area contributed by atoms with Crippen LogP contribution in [0.15, 0.2) is 23.1 Å². The summed E-state index contributed by atoms with van der Waals surface area (Å²) in [7, 11) is -9.55. The van der Waals surface area contributed by atoms with Gasteiger partial charge in [0.05, 0.1) is 30.1 Å². The maximum Gasteiger partial charge on any atom is 0.247 e. The molecule has 3 rings (SSSR count). The quantitative estimate of drug-likeness (QED) is 0.609. The van der Waals surface area contributed by atoms with Gasteiger partial charge in [-0.3, -0.25) is 4.31 Å². The molecule has 0 unspecified atom stereocenters. The van der Waals surface area contributed by atoms with Gasteiger partial charge in [0.1, 0.15) is 10.6 Å². The summed E-state index contributed by atoms with van der Waals surface area (Å²) in [5, 5.41) is 0. The van der Waals surface area contributed by atoms with E-state index >= 15 is 0 Å². The topological polar surface area (TPSA) is 118 Å². The monoisotopic (exact) mass is 466 g/mol. The molecule has 0 radical (unpaired) electrons. The first-order valence-corrected chi connectivity index (χ1v) is 14.3. The highest BCUT2D eigenvalue weighted by atomic mass is 32.2. The Balaban J connectivity index is 2.05. The van der Waals surface area contributed by atoms with Gasteiger partial charge in [-0.25, -0.2) is 25.3 Å². The Morgan fingerprint density at radius 1 is 1.17 bits per heavy atom. The van der Waals surface area contributed by atoms with E-state index in [4.69, 9.17) is 4.74 Å². The standard InChI is InChI=1S/C17H26N2O7S3/c1-3-18(15-8-11-27(20,21)13-15)29(24,25)17-12-14(6-7-16(17)26-2)19-9-4-5-10-28(19,22)23/h6-7,12,15H,3-5,8-11,13H2,1-2H3/t15-/m1/s1. The summed E-state index contributed by atoms with van der Waals surface area (Å²) in [6.45, 7) is 2.03. The molecule has 29 heavy (non-hydrogen) atoms. The van der Waals surface area contributed by atoms with Crippen LogP contribution in [0.5, 0.6) is 5.75 Å². The summed E-state index contributed by atoms with van der Waals surface area (Å²) < 4.78 is 83.1. The van der Waals surface area contributed by atoms with Crippen molar-refractivity contribution in [3.05, 3.63) is 18.2 Å². The van der Waals surface area contributed by atoms with E-state index in [-0.39, 0.29) is 53.1 Å². The Kier molecular flexibility index (Phi) is 6.19. The summed E-state index contributed by atoms with van der Waals surface area (Å²) in [5.41, 5.74) is 0.263. The summed E-state index contributed by atoms with van der Waals surface area (Å²) >= 11 is 0. The van der Waals surface area contributed by atoms with Crippen molar-refractivity contribution < 1.29 is 30.0 Å². The zero-order chi connectivity index (χ0) is 21.4. The number of rotatable bonds is 6. The van der Waals surface area contributed by atoms with Gasteiger partial charge in [-0.2, -0.15) is 4.31 Å². The van der Waals surface area contributed by atoms with Crippen LogP contribution in [-0.2, 0) is 29.9 Å². The second kappa shape index (κ2) is 8.05. The van der Waals surface area contributed by atoms with Crippen LogP contribution in [0.1, 0.15) is 26.2 Å². The van der Waals surface area contributed by atoms with Gasteiger partial charge in [-0.05, 0) is 37.5 Å². The number of hydrogen-bond acceptors (Lipinski definition) is 7. The molecule has 1 aromatic carbocycles. The summed E-state index contributed by atoms with van der Waals surface area (Å²) in [6, 6.07) is 3.62. The molecular weight excluding hydrogens is 440 g/mol. The summed E-state index contributed by atoms with van der Waals surface area (Å²) in [6.07, 6.45) is 1.49. The van der Waals surface area contributed by atoms with E-state index in [1.165, 1.54) is 33.9 Å². The molecule has 0 aromatic heterocycles. The minimum atomic E-state index is -4.10. The Morgan fingerprint density at radius 3 is 2.45 bits per heavy atom. The first-order valence-electron chi connectivity index (χ1n) is 9.42. The number of ether oxygens (including phenoxy) is 1. The molecule has 0 bridgehead atoms. The number of hydrogen-bond donors (Lipinski definition) is 0. The molecule has 2 aliphatic heterocycles. The first-order chi connectivity index (χ1) is 13.5. The van der Waals surface area contributed by atoms with Crippen molar-refractivity contribution in [2.75, 3.05) is 41.8 Å². The lowest BCUT2D eigenvalue weighted by molar-refractivity contribution is 0.349. The van der Waals surface area contributed by atoms with Crippen LogP contribution < -0.4 is 9.04 Å². The van der Waals surface area contributed by atoms with E-state index in [1.807, 2.05) is 0 Å². The fraction of sp³-hybridized carbons (Fsp3) is 0.647. The minimum absolute atomic E-state index is 0.0160. The number of anilines is 1. The lowest BCUT2D eigenvalue weighted by atomic mass is 10.2. The lowest BCUT2D eigenvalue weighted by Crippen LogP contribution is -2.41. The number of benzene rings is 1. The van der Waals surface area contributed by atoms with E-state index in [0.717, 1.165) is 0 Å². The highest BCUT2D eigenvalue weighted by Gasteiger charge is 2.39. The summed E-state index contributed by atoms with van der Waals surface area (Å²) in [5.74, 6) is -0.167. The van der Waals surface area contributed by atoms with E-state index in [9.17, 15) is 25.3 Å². The Hall–Kier alpha value is -1.37. The summed E-state index contributed by atoms with van der Waals surface area (Å²) in [4.78, 5) is -0.163. The van der Waals surface area contributed by atoms with E-state index in [1.54, 1.807) is 6.92 Å². The fourth-order valence-corrected chi connectivity index (χ4v) is 9.15. The van der Waals surface area contributed by atoms with Gasteiger partial charge in [0, 0.05) is 19.1 Å². The molecule has 0 spiro atoms. The Bertz CT molecular complexity index is 1080. The lowest BCUT2D eigenvalue weighted by Gasteiger charge is -2.30. The van der Waals surface area contributed by atoms with Gasteiger partial charge < -0.3 is 4.74 Å². The Morgan fingerprint density at radius 2 is 1.90 bits per heavy atom. The highest BCUT2D eigenvalue weighted by molar-refractivity contribution is 7.93. The normalized spacial score (nSPS) is 24.0. The molecule has 0 aliphatic carbocycles. The SMILES string of the molecule is CCN([C@@H]1CCS(=O)(=O)C1)S(=O)(=O)c1cc(N2CCCCS2(=O)=O)ccc1OC. The third-order valence-corrected chi connectivity index (χ3v) is 11.0. The van der Waals surface area contributed by atoms with Crippen molar-refractivity contribution in [2.24, 2.45) is 0 Å². The molecular formula is C17H26N2O7S3.